The van der Waals surface area contributed by atoms with E-state index in [2.05, 4.69) is 72.5 Å². The van der Waals surface area contributed by atoms with Crippen molar-refractivity contribution in [3.8, 4) is 0 Å². The minimum Gasteiger partial charge on any atom is -0.377 e. The Bertz CT molecular complexity index is 623. The molecule has 0 N–H and O–H groups in total. The number of nitrogens with zero attached hydrogens (tertiary/aromatic N) is 1. The number of benzene rings is 2. The third-order valence-corrected chi connectivity index (χ3v) is 6.79. The molecule has 1 saturated heterocycles. The molecule has 134 valence electrons. The van der Waals surface area contributed by atoms with Crippen molar-refractivity contribution in [1.29, 1.82) is 0 Å². The lowest BCUT2D eigenvalue weighted by atomic mass is 9.88. The normalized spacial score (nSPS) is 18.8. The van der Waals surface area contributed by atoms with Crippen molar-refractivity contribution in [2.75, 3.05) is 26.7 Å². The molecule has 0 aromatic heterocycles. The van der Waals surface area contributed by atoms with Gasteiger partial charge in [-0.1, -0.05) is 55.5 Å². The maximum atomic E-state index is 6.08. The minimum atomic E-state index is -0.0102. The van der Waals surface area contributed by atoms with E-state index in [0.29, 0.717) is 5.25 Å². The molecule has 0 bridgehead atoms. The first-order chi connectivity index (χ1) is 12.2. The zero-order chi connectivity index (χ0) is 17.5. The summed E-state index contributed by atoms with van der Waals surface area (Å²) in [5.41, 5.74) is 1.42. The summed E-state index contributed by atoms with van der Waals surface area (Å²) in [4.78, 5) is 3.92. The van der Waals surface area contributed by atoms with Gasteiger partial charge in [-0.2, -0.15) is 0 Å². The predicted octanol–water partition coefficient (Wildman–Crippen LogP) is 4.89. The van der Waals surface area contributed by atoms with Gasteiger partial charge in [-0.05, 0) is 37.0 Å². The first-order valence-electron chi connectivity index (χ1n) is 9.25. The summed E-state index contributed by atoms with van der Waals surface area (Å²) >= 11 is 1.94. The smallest absolute Gasteiger partial charge is 0.0821 e. The average molecular weight is 356 g/mol. The SMILES string of the molecule is COC1(C(C)Sc2ccccc2)CCN(CCc2ccccc2)CC1. The molecule has 1 heterocycles. The van der Waals surface area contributed by atoms with Crippen molar-refractivity contribution in [2.45, 2.75) is 41.9 Å². The highest BCUT2D eigenvalue weighted by molar-refractivity contribution is 8.00. The molecule has 0 spiro atoms. The van der Waals surface area contributed by atoms with Crippen molar-refractivity contribution in [1.82, 2.24) is 4.90 Å². The molecule has 2 aromatic rings. The fraction of sp³-hybridized carbons (Fsp3) is 0.455. The Morgan fingerprint density at radius 1 is 1.00 bits per heavy atom. The largest absolute Gasteiger partial charge is 0.377 e. The monoisotopic (exact) mass is 355 g/mol. The molecule has 2 nitrogen and oxygen atoms in total. The topological polar surface area (TPSA) is 12.5 Å². The van der Waals surface area contributed by atoms with Crippen molar-refractivity contribution in [3.05, 3.63) is 66.2 Å². The zero-order valence-corrected chi connectivity index (χ0v) is 16.2. The van der Waals surface area contributed by atoms with Crippen LogP contribution in [0, 0.1) is 0 Å². The van der Waals surface area contributed by atoms with Crippen molar-refractivity contribution < 1.29 is 4.74 Å². The average Bonchev–Trinajstić information content (AvgIpc) is 2.68. The lowest BCUT2D eigenvalue weighted by molar-refractivity contribution is -0.0548. The third-order valence-electron chi connectivity index (χ3n) is 5.47. The number of rotatable bonds is 7. The molecule has 0 amide bonds. The first-order valence-corrected chi connectivity index (χ1v) is 10.1. The first kappa shape index (κ1) is 18.5. The number of thioether (sulfide) groups is 1. The number of ether oxygens (including phenoxy) is 1. The van der Waals surface area contributed by atoms with Gasteiger partial charge in [0, 0.05) is 36.9 Å². The van der Waals surface area contributed by atoms with E-state index < -0.39 is 0 Å². The molecular weight excluding hydrogens is 326 g/mol. The lowest BCUT2D eigenvalue weighted by Crippen LogP contribution is -2.51. The Hall–Kier alpha value is -1.29. The molecular formula is C22H29NOS. The van der Waals surface area contributed by atoms with Gasteiger partial charge in [-0.3, -0.25) is 0 Å². The quantitative estimate of drug-likeness (QED) is 0.656. The lowest BCUT2D eigenvalue weighted by Gasteiger charge is -2.44. The van der Waals surface area contributed by atoms with Crippen LogP contribution in [0.1, 0.15) is 25.3 Å². The second-order valence-corrected chi connectivity index (χ2v) is 8.33. The Morgan fingerprint density at radius 2 is 1.60 bits per heavy atom. The summed E-state index contributed by atoms with van der Waals surface area (Å²) < 4.78 is 6.08. The van der Waals surface area contributed by atoms with Gasteiger partial charge in [-0.25, -0.2) is 0 Å². The van der Waals surface area contributed by atoms with Gasteiger partial charge in [0.25, 0.3) is 0 Å². The molecule has 2 aromatic carbocycles. The fourth-order valence-corrected chi connectivity index (χ4v) is 4.94. The van der Waals surface area contributed by atoms with Crippen LogP contribution >= 0.6 is 11.8 Å². The Morgan fingerprint density at radius 3 is 2.20 bits per heavy atom. The third kappa shape index (κ3) is 4.87. The molecule has 1 unspecified atom stereocenters. The number of hydrogen-bond acceptors (Lipinski definition) is 3. The molecule has 0 aliphatic carbocycles. The summed E-state index contributed by atoms with van der Waals surface area (Å²) in [6.45, 7) is 5.71. The summed E-state index contributed by atoms with van der Waals surface area (Å²) in [5, 5.41) is 0.455. The standard InChI is InChI=1S/C22H29NOS/c1-19(25-21-11-7-4-8-12-21)22(24-2)14-17-23(18-15-22)16-13-20-9-5-3-6-10-20/h3-12,19H,13-18H2,1-2H3. The highest BCUT2D eigenvalue weighted by Crippen LogP contribution is 2.38. The molecule has 1 aliphatic rings. The van der Waals surface area contributed by atoms with E-state index in [1.807, 2.05) is 18.9 Å². The fourth-order valence-electron chi connectivity index (χ4n) is 3.67. The van der Waals surface area contributed by atoms with Gasteiger partial charge < -0.3 is 9.64 Å². The summed E-state index contributed by atoms with van der Waals surface area (Å²) in [7, 11) is 1.89. The molecule has 1 aliphatic heterocycles. The number of methoxy groups -OCH3 is 1. The van der Waals surface area contributed by atoms with Crippen LogP contribution in [0.5, 0.6) is 0 Å². The van der Waals surface area contributed by atoms with E-state index in [9.17, 15) is 0 Å². The molecule has 1 fully saturated rings. The Balaban J connectivity index is 1.52. The molecule has 3 rings (SSSR count). The van der Waals surface area contributed by atoms with Gasteiger partial charge in [0.15, 0.2) is 0 Å². The van der Waals surface area contributed by atoms with E-state index in [1.54, 1.807) is 0 Å². The van der Waals surface area contributed by atoms with Crippen LogP contribution in [0.3, 0.4) is 0 Å². The minimum absolute atomic E-state index is 0.0102. The molecule has 1 atom stereocenters. The van der Waals surface area contributed by atoms with Gasteiger partial charge in [-0.15, -0.1) is 11.8 Å². The molecule has 0 saturated carbocycles. The Kier molecular flexibility index (Phi) is 6.57. The van der Waals surface area contributed by atoms with E-state index in [0.717, 1.165) is 38.9 Å². The van der Waals surface area contributed by atoms with Crippen LogP contribution in [0.2, 0.25) is 0 Å². The van der Waals surface area contributed by atoms with Crippen LogP contribution in [0.15, 0.2) is 65.6 Å². The van der Waals surface area contributed by atoms with Crippen LogP contribution in [0.4, 0.5) is 0 Å². The van der Waals surface area contributed by atoms with Gasteiger partial charge in [0.05, 0.1) is 5.60 Å². The van der Waals surface area contributed by atoms with Crippen LogP contribution in [-0.4, -0.2) is 42.5 Å². The second kappa shape index (κ2) is 8.88. The number of hydrogen-bond donors (Lipinski definition) is 0. The summed E-state index contributed by atoms with van der Waals surface area (Å²) in [6, 6.07) is 21.5. The number of likely N-dealkylation sites (tertiary alicyclic amines) is 1. The van der Waals surface area contributed by atoms with Crippen molar-refractivity contribution >= 4 is 11.8 Å². The van der Waals surface area contributed by atoms with Gasteiger partial charge in [0.2, 0.25) is 0 Å². The highest BCUT2D eigenvalue weighted by atomic mass is 32.2. The van der Waals surface area contributed by atoms with E-state index in [1.165, 1.54) is 10.5 Å². The van der Waals surface area contributed by atoms with Crippen molar-refractivity contribution in [3.63, 3.8) is 0 Å². The molecule has 0 radical (unpaired) electrons. The number of piperidine rings is 1. The van der Waals surface area contributed by atoms with Crippen LogP contribution in [0.25, 0.3) is 0 Å². The molecule has 3 heteroatoms. The highest BCUT2D eigenvalue weighted by Gasteiger charge is 2.39. The van der Waals surface area contributed by atoms with E-state index >= 15 is 0 Å². The van der Waals surface area contributed by atoms with E-state index in [4.69, 9.17) is 4.74 Å². The summed E-state index contributed by atoms with van der Waals surface area (Å²) in [5.74, 6) is 0. The maximum Gasteiger partial charge on any atom is 0.0821 e. The second-order valence-electron chi connectivity index (χ2n) is 6.92. The van der Waals surface area contributed by atoms with E-state index in [-0.39, 0.29) is 5.60 Å². The summed E-state index contributed by atoms with van der Waals surface area (Å²) in [6.07, 6.45) is 3.35. The predicted molar refractivity (Wildman–Crippen MR) is 107 cm³/mol. The zero-order valence-electron chi connectivity index (χ0n) is 15.4. The van der Waals surface area contributed by atoms with Crippen LogP contribution in [-0.2, 0) is 11.2 Å². The van der Waals surface area contributed by atoms with Crippen molar-refractivity contribution in [2.24, 2.45) is 0 Å². The van der Waals surface area contributed by atoms with Gasteiger partial charge in [0.1, 0.15) is 0 Å². The maximum absolute atomic E-state index is 6.08. The van der Waals surface area contributed by atoms with Gasteiger partial charge >= 0.3 is 0 Å². The van der Waals surface area contributed by atoms with Crippen LogP contribution < -0.4 is 0 Å². The Labute approximate surface area is 156 Å². The molecule has 25 heavy (non-hydrogen) atoms.